The van der Waals surface area contributed by atoms with E-state index in [9.17, 15) is 0 Å². The quantitative estimate of drug-likeness (QED) is 0.787. The summed E-state index contributed by atoms with van der Waals surface area (Å²) in [4.78, 5) is 2.53. The van der Waals surface area contributed by atoms with Crippen LogP contribution in [-0.4, -0.2) is 24.0 Å². The molecule has 1 saturated heterocycles. The van der Waals surface area contributed by atoms with Gasteiger partial charge in [-0.1, -0.05) is 45.7 Å². The van der Waals surface area contributed by atoms with Gasteiger partial charge in [0.2, 0.25) is 0 Å². The molecule has 116 valence electrons. The van der Waals surface area contributed by atoms with Gasteiger partial charge in [-0.3, -0.25) is 4.90 Å². The van der Waals surface area contributed by atoms with Gasteiger partial charge in [-0.15, -0.1) is 0 Å². The van der Waals surface area contributed by atoms with Crippen LogP contribution in [0.1, 0.15) is 18.4 Å². The van der Waals surface area contributed by atoms with E-state index in [-0.39, 0.29) is 0 Å². The maximum absolute atomic E-state index is 5.93. The van der Waals surface area contributed by atoms with Gasteiger partial charge in [-0.2, -0.15) is 0 Å². The average Bonchev–Trinajstić information content (AvgIpc) is 2.54. The van der Waals surface area contributed by atoms with Crippen molar-refractivity contribution in [2.24, 2.45) is 0 Å². The topological polar surface area (TPSA) is 15.3 Å². The zero-order chi connectivity index (χ0) is 15.4. The lowest BCUT2D eigenvalue weighted by Gasteiger charge is -2.33. The Hall–Kier alpha value is -1.03. The summed E-state index contributed by atoms with van der Waals surface area (Å²) in [5.74, 6) is 0. The minimum absolute atomic E-state index is 0.552. The molecule has 0 spiro atoms. The van der Waals surface area contributed by atoms with E-state index in [0.29, 0.717) is 6.04 Å². The molecule has 2 aromatic rings. The zero-order valence-electron chi connectivity index (χ0n) is 12.4. The fourth-order valence-corrected chi connectivity index (χ4v) is 3.42. The standard InChI is InChI=1S/C18H20BrClN2/c19-18-4-2-1-3-14(18)13-22-11-9-17(10-12-22)21-16-7-5-15(20)6-8-16/h1-8,17,21H,9-13H2. The molecule has 0 radical (unpaired) electrons. The number of nitrogens with one attached hydrogen (secondary N) is 1. The number of hydrogen-bond acceptors (Lipinski definition) is 2. The largest absolute Gasteiger partial charge is 0.382 e. The van der Waals surface area contributed by atoms with E-state index < -0.39 is 0 Å². The SMILES string of the molecule is Clc1ccc(NC2CCN(Cc3ccccc3Br)CC2)cc1. The highest BCUT2D eigenvalue weighted by Crippen LogP contribution is 2.22. The summed E-state index contributed by atoms with van der Waals surface area (Å²) in [6, 6.07) is 17.0. The molecule has 0 aromatic heterocycles. The van der Waals surface area contributed by atoms with Crippen molar-refractivity contribution >= 4 is 33.2 Å². The summed E-state index contributed by atoms with van der Waals surface area (Å²) in [6.07, 6.45) is 2.35. The van der Waals surface area contributed by atoms with Crippen molar-refractivity contribution < 1.29 is 0 Å². The number of likely N-dealkylation sites (tertiary alicyclic amines) is 1. The molecular weight excluding hydrogens is 360 g/mol. The Kier molecular flexibility index (Phi) is 5.40. The highest BCUT2D eigenvalue weighted by atomic mass is 79.9. The molecular formula is C18H20BrClN2. The first-order valence-corrected chi connectivity index (χ1v) is 8.86. The lowest BCUT2D eigenvalue weighted by atomic mass is 10.0. The highest BCUT2D eigenvalue weighted by Gasteiger charge is 2.19. The Balaban J connectivity index is 1.50. The Morgan fingerprint density at radius 3 is 2.41 bits per heavy atom. The third kappa shape index (κ3) is 4.25. The average molecular weight is 380 g/mol. The van der Waals surface area contributed by atoms with Crippen LogP contribution in [0.15, 0.2) is 53.0 Å². The van der Waals surface area contributed by atoms with Gasteiger partial charge in [0.05, 0.1) is 0 Å². The summed E-state index contributed by atoms with van der Waals surface area (Å²) in [5.41, 5.74) is 2.53. The van der Waals surface area contributed by atoms with E-state index in [1.165, 1.54) is 22.9 Å². The minimum atomic E-state index is 0.552. The van der Waals surface area contributed by atoms with Gasteiger partial charge < -0.3 is 5.32 Å². The normalized spacial score (nSPS) is 16.6. The molecule has 1 N–H and O–H groups in total. The van der Waals surface area contributed by atoms with Gasteiger partial charge in [0.25, 0.3) is 0 Å². The van der Waals surface area contributed by atoms with Crippen molar-refractivity contribution in [3.8, 4) is 0 Å². The van der Waals surface area contributed by atoms with Crippen LogP contribution in [0.3, 0.4) is 0 Å². The predicted molar refractivity (Wildman–Crippen MR) is 97.5 cm³/mol. The monoisotopic (exact) mass is 378 g/mol. The Bertz CT molecular complexity index is 607. The Morgan fingerprint density at radius 1 is 1.05 bits per heavy atom. The van der Waals surface area contributed by atoms with Gasteiger partial charge in [0.15, 0.2) is 0 Å². The third-order valence-corrected chi connectivity index (χ3v) is 5.18. The summed E-state index contributed by atoms with van der Waals surface area (Å²) in [6.45, 7) is 3.29. The van der Waals surface area contributed by atoms with E-state index in [1.807, 2.05) is 12.1 Å². The molecule has 0 atom stereocenters. The van der Waals surface area contributed by atoms with Crippen molar-refractivity contribution in [2.45, 2.75) is 25.4 Å². The van der Waals surface area contributed by atoms with E-state index in [2.05, 4.69) is 62.5 Å². The van der Waals surface area contributed by atoms with Gasteiger partial charge in [0, 0.05) is 40.9 Å². The number of halogens is 2. The predicted octanol–water partition coefficient (Wildman–Crippen LogP) is 5.18. The van der Waals surface area contributed by atoms with E-state index in [1.54, 1.807) is 0 Å². The molecule has 0 bridgehead atoms. The lowest BCUT2D eigenvalue weighted by molar-refractivity contribution is 0.211. The first-order chi connectivity index (χ1) is 10.7. The van der Waals surface area contributed by atoms with E-state index in [4.69, 9.17) is 11.6 Å². The smallest absolute Gasteiger partial charge is 0.0407 e. The van der Waals surface area contributed by atoms with Crippen molar-refractivity contribution in [3.05, 3.63) is 63.6 Å². The number of hydrogen-bond donors (Lipinski definition) is 1. The molecule has 1 fully saturated rings. The molecule has 1 aliphatic heterocycles. The van der Waals surface area contributed by atoms with Crippen LogP contribution in [0.4, 0.5) is 5.69 Å². The first kappa shape index (κ1) is 15.9. The molecule has 22 heavy (non-hydrogen) atoms. The summed E-state index contributed by atoms with van der Waals surface area (Å²) >= 11 is 9.56. The van der Waals surface area contributed by atoms with Crippen molar-refractivity contribution in [2.75, 3.05) is 18.4 Å². The van der Waals surface area contributed by atoms with Crippen molar-refractivity contribution in [3.63, 3.8) is 0 Å². The number of nitrogens with zero attached hydrogens (tertiary/aromatic N) is 1. The molecule has 1 heterocycles. The lowest BCUT2D eigenvalue weighted by Crippen LogP contribution is -2.38. The van der Waals surface area contributed by atoms with E-state index in [0.717, 1.165) is 30.3 Å². The summed E-state index contributed by atoms with van der Waals surface area (Å²) < 4.78 is 1.21. The van der Waals surface area contributed by atoms with Gasteiger partial charge in [0.1, 0.15) is 0 Å². The molecule has 2 nitrogen and oxygen atoms in total. The van der Waals surface area contributed by atoms with Crippen molar-refractivity contribution in [1.29, 1.82) is 0 Å². The second kappa shape index (κ2) is 7.49. The minimum Gasteiger partial charge on any atom is -0.382 e. The first-order valence-electron chi connectivity index (χ1n) is 7.68. The van der Waals surface area contributed by atoms with Gasteiger partial charge >= 0.3 is 0 Å². The molecule has 0 unspecified atom stereocenters. The molecule has 0 amide bonds. The molecule has 2 aromatic carbocycles. The van der Waals surface area contributed by atoms with Gasteiger partial charge in [-0.05, 0) is 48.7 Å². The maximum Gasteiger partial charge on any atom is 0.0407 e. The Labute approximate surface area is 145 Å². The highest BCUT2D eigenvalue weighted by molar-refractivity contribution is 9.10. The number of anilines is 1. The zero-order valence-corrected chi connectivity index (χ0v) is 14.8. The van der Waals surface area contributed by atoms with E-state index >= 15 is 0 Å². The second-order valence-corrected chi connectivity index (χ2v) is 7.08. The van der Waals surface area contributed by atoms with Crippen LogP contribution >= 0.6 is 27.5 Å². The van der Waals surface area contributed by atoms with Crippen LogP contribution in [0.25, 0.3) is 0 Å². The van der Waals surface area contributed by atoms with Crippen LogP contribution < -0.4 is 5.32 Å². The molecule has 3 rings (SSSR count). The summed E-state index contributed by atoms with van der Waals surface area (Å²) in [5, 5.41) is 4.40. The number of rotatable bonds is 4. The summed E-state index contributed by atoms with van der Waals surface area (Å²) in [7, 11) is 0. The van der Waals surface area contributed by atoms with Crippen LogP contribution in [0, 0.1) is 0 Å². The molecule has 4 heteroatoms. The fourth-order valence-electron chi connectivity index (χ4n) is 2.88. The van der Waals surface area contributed by atoms with Gasteiger partial charge in [-0.25, -0.2) is 0 Å². The molecule has 0 aliphatic carbocycles. The maximum atomic E-state index is 5.93. The fraction of sp³-hybridized carbons (Fsp3) is 0.333. The Morgan fingerprint density at radius 2 is 1.73 bits per heavy atom. The van der Waals surface area contributed by atoms with Crippen LogP contribution in [0.2, 0.25) is 5.02 Å². The number of benzene rings is 2. The van der Waals surface area contributed by atoms with Crippen LogP contribution in [-0.2, 0) is 6.54 Å². The number of piperidine rings is 1. The third-order valence-electron chi connectivity index (χ3n) is 4.15. The van der Waals surface area contributed by atoms with Crippen LogP contribution in [0.5, 0.6) is 0 Å². The molecule has 0 saturated carbocycles. The van der Waals surface area contributed by atoms with Crippen molar-refractivity contribution in [1.82, 2.24) is 4.90 Å². The second-order valence-electron chi connectivity index (χ2n) is 5.79. The molecule has 1 aliphatic rings.